The molecule has 3 aromatic heterocycles. The summed E-state index contributed by atoms with van der Waals surface area (Å²) in [6, 6.07) is 8.01. The highest BCUT2D eigenvalue weighted by Gasteiger charge is 2.29. The van der Waals surface area contributed by atoms with Crippen LogP contribution in [0.1, 0.15) is 29.8 Å². The van der Waals surface area contributed by atoms with Crippen molar-refractivity contribution >= 4 is 33.9 Å². The number of hydrogen-bond acceptors (Lipinski definition) is 7. The van der Waals surface area contributed by atoms with Crippen molar-refractivity contribution in [3.05, 3.63) is 35.9 Å². The van der Waals surface area contributed by atoms with E-state index in [1.807, 2.05) is 40.8 Å². The number of carbonyl (C=O) groups excluding carboxylic acids is 1. The number of hydrogen-bond donors (Lipinski definition) is 0. The summed E-state index contributed by atoms with van der Waals surface area (Å²) in [4.78, 5) is 36.5. The maximum absolute atomic E-state index is 13.0. The summed E-state index contributed by atoms with van der Waals surface area (Å²) in [6.07, 6.45) is 1.78. The van der Waals surface area contributed by atoms with Gasteiger partial charge in [0.05, 0.1) is 24.2 Å². The van der Waals surface area contributed by atoms with Gasteiger partial charge in [-0.05, 0) is 18.6 Å². The van der Waals surface area contributed by atoms with Crippen molar-refractivity contribution in [3.63, 3.8) is 0 Å². The Labute approximate surface area is 190 Å². The van der Waals surface area contributed by atoms with E-state index < -0.39 is 0 Å². The fourth-order valence-electron chi connectivity index (χ4n) is 4.52. The third-order valence-corrected chi connectivity index (χ3v) is 6.48. The number of carbonyl (C=O) groups is 1. The number of morpholine rings is 1. The van der Waals surface area contributed by atoms with Crippen molar-refractivity contribution in [2.24, 2.45) is 7.05 Å². The zero-order valence-electron chi connectivity index (χ0n) is 18.9. The molecule has 33 heavy (non-hydrogen) atoms. The van der Waals surface area contributed by atoms with E-state index in [0.717, 1.165) is 48.6 Å². The first-order chi connectivity index (χ1) is 16.2. The van der Waals surface area contributed by atoms with Crippen molar-refractivity contribution in [2.75, 3.05) is 44.3 Å². The molecule has 0 aliphatic carbocycles. The number of nitrogens with zero attached hydrogens (tertiary/aromatic N) is 8. The van der Waals surface area contributed by atoms with Crippen molar-refractivity contribution in [3.8, 4) is 5.95 Å². The topological polar surface area (TPSA) is 94.2 Å². The minimum atomic E-state index is -0.0569. The zero-order chi connectivity index (χ0) is 22.5. The van der Waals surface area contributed by atoms with Crippen molar-refractivity contribution in [2.45, 2.75) is 19.8 Å². The summed E-state index contributed by atoms with van der Waals surface area (Å²) in [5.74, 6) is 2.51. The highest BCUT2D eigenvalue weighted by molar-refractivity contribution is 5.97. The Bertz CT molecular complexity index is 1360. The molecule has 10 nitrogen and oxygen atoms in total. The number of likely N-dealkylation sites (tertiary alicyclic amines) is 1. The van der Waals surface area contributed by atoms with Gasteiger partial charge in [-0.2, -0.15) is 9.97 Å². The number of rotatable bonds is 4. The molecule has 2 aliphatic heterocycles. The van der Waals surface area contributed by atoms with Gasteiger partial charge in [0.25, 0.3) is 5.91 Å². The Morgan fingerprint density at radius 3 is 2.55 bits per heavy atom. The van der Waals surface area contributed by atoms with Gasteiger partial charge in [-0.3, -0.25) is 9.36 Å². The smallest absolute Gasteiger partial charge is 0.289 e. The second-order valence-corrected chi connectivity index (χ2v) is 8.46. The first-order valence-electron chi connectivity index (χ1n) is 11.5. The number of ether oxygens (including phenoxy) is 1. The maximum atomic E-state index is 13.0. The first-order valence-corrected chi connectivity index (χ1v) is 11.5. The number of imidazole rings is 2. The minimum absolute atomic E-state index is 0.0569. The monoisotopic (exact) mass is 446 g/mol. The lowest BCUT2D eigenvalue weighted by Crippen LogP contribution is -2.43. The van der Waals surface area contributed by atoms with E-state index in [9.17, 15) is 4.79 Å². The number of anilines is 1. The van der Waals surface area contributed by atoms with Crippen LogP contribution in [0.25, 0.3) is 28.1 Å². The summed E-state index contributed by atoms with van der Waals surface area (Å²) in [7, 11) is 1.86. The van der Waals surface area contributed by atoms with Crippen LogP contribution in [0.5, 0.6) is 0 Å². The van der Waals surface area contributed by atoms with Gasteiger partial charge in [-0.25, -0.2) is 9.97 Å². The molecule has 2 aliphatic rings. The third kappa shape index (κ3) is 3.16. The molecule has 0 atom stereocenters. The summed E-state index contributed by atoms with van der Waals surface area (Å²) >= 11 is 0. The van der Waals surface area contributed by atoms with E-state index >= 15 is 0 Å². The quantitative estimate of drug-likeness (QED) is 0.473. The summed E-state index contributed by atoms with van der Waals surface area (Å²) < 4.78 is 9.38. The van der Waals surface area contributed by atoms with Crippen molar-refractivity contribution < 1.29 is 9.53 Å². The highest BCUT2D eigenvalue weighted by atomic mass is 16.5. The number of amides is 1. The van der Waals surface area contributed by atoms with Crippen LogP contribution < -0.4 is 4.90 Å². The van der Waals surface area contributed by atoms with Crippen molar-refractivity contribution in [1.29, 1.82) is 0 Å². The van der Waals surface area contributed by atoms with Crippen molar-refractivity contribution in [1.82, 2.24) is 34.0 Å². The van der Waals surface area contributed by atoms with Crippen LogP contribution in [0.15, 0.2) is 24.3 Å². The molecule has 0 saturated carbocycles. The molecule has 0 radical (unpaired) electrons. The lowest BCUT2D eigenvalue weighted by molar-refractivity contribution is 0.0636. The molecule has 2 saturated heterocycles. The molecule has 1 aromatic carbocycles. The molecule has 0 bridgehead atoms. The molecule has 170 valence electrons. The summed E-state index contributed by atoms with van der Waals surface area (Å²) in [5.41, 5.74) is 3.16. The largest absolute Gasteiger partial charge is 0.378 e. The number of aromatic nitrogens is 6. The second kappa shape index (κ2) is 7.80. The molecule has 4 aromatic rings. The minimum Gasteiger partial charge on any atom is -0.378 e. The maximum Gasteiger partial charge on any atom is 0.289 e. The lowest BCUT2D eigenvalue weighted by atomic mass is 10.2. The molecule has 2 fully saturated rings. The van der Waals surface area contributed by atoms with Crippen LogP contribution >= 0.6 is 0 Å². The predicted octanol–water partition coefficient (Wildman–Crippen LogP) is 1.95. The van der Waals surface area contributed by atoms with Crippen LogP contribution in [0.3, 0.4) is 0 Å². The van der Waals surface area contributed by atoms with Gasteiger partial charge in [0.2, 0.25) is 11.8 Å². The summed E-state index contributed by atoms with van der Waals surface area (Å²) in [5, 5.41) is 0. The van der Waals surface area contributed by atoms with E-state index in [0.29, 0.717) is 49.2 Å². The Balaban J connectivity index is 1.59. The average Bonchev–Trinajstić information content (AvgIpc) is 3.35. The first kappa shape index (κ1) is 20.1. The van der Waals surface area contributed by atoms with Gasteiger partial charge < -0.3 is 19.1 Å². The Morgan fingerprint density at radius 2 is 1.82 bits per heavy atom. The zero-order valence-corrected chi connectivity index (χ0v) is 18.9. The lowest BCUT2D eigenvalue weighted by Gasteiger charge is -2.30. The van der Waals surface area contributed by atoms with E-state index in [1.165, 1.54) is 0 Å². The Kier molecular flexibility index (Phi) is 4.75. The fraction of sp³-hybridized carbons (Fsp3) is 0.435. The molecule has 6 rings (SSSR count). The number of fused-ring (bicyclic) bond motifs is 2. The number of benzene rings is 1. The molecular weight excluding hydrogens is 420 g/mol. The van der Waals surface area contributed by atoms with Crippen LogP contribution in [-0.2, 0) is 18.2 Å². The summed E-state index contributed by atoms with van der Waals surface area (Å²) in [6.45, 7) is 6.30. The highest BCUT2D eigenvalue weighted by Crippen LogP contribution is 2.29. The average molecular weight is 447 g/mol. The van der Waals surface area contributed by atoms with Crippen LogP contribution in [0.2, 0.25) is 0 Å². The second-order valence-electron chi connectivity index (χ2n) is 8.46. The van der Waals surface area contributed by atoms with Gasteiger partial charge in [-0.1, -0.05) is 19.1 Å². The van der Waals surface area contributed by atoms with E-state index in [2.05, 4.69) is 11.8 Å². The Morgan fingerprint density at radius 1 is 1.03 bits per heavy atom. The van der Waals surface area contributed by atoms with Crippen LogP contribution in [0, 0.1) is 0 Å². The molecule has 1 amide bonds. The molecular formula is C23H26N8O2. The molecule has 0 unspecified atom stereocenters. The number of para-hydroxylation sites is 2. The van der Waals surface area contributed by atoms with E-state index in [-0.39, 0.29) is 5.91 Å². The molecule has 5 heterocycles. The SMILES string of the molecule is CCc1nc2ccccc2n1-c1nc(N2CCOCC2)c2nc(C(=O)N3CCC3)n(C)c2n1. The number of aryl methyl sites for hydroxylation is 2. The van der Waals surface area contributed by atoms with Gasteiger partial charge >= 0.3 is 0 Å². The molecule has 0 spiro atoms. The third-order valence-electron chi connectivity index (χ3n) is 6.48. The fourth-order valence-corrected chi connectivity index (χ4v) is 4.52. The predicted molar refractivity (Wildman–Crippen MR) is 124 cm³/mol. The Hall–Kier alpha value is -3.53. The standard InChI is InChI=1S/C23H26N8O2/c1-3-17-24-15-7-4-5-8-16(15)31(17)23-26-19-18(20(27-23)29-11-13-33-14-12-29)25-21(28(19)2)22(32)30-9-6-10-30/h4-5,7-8H,3,6,9-14H2,1-2H3. The van der Waals surface area contributed by atoms with Gasteiger partial charge in [0.1, 0.15) is 5.82 Å². The van der Waals surface area contributed by atoms with E-state index in [4.69, 9.17) is 24.7 Å². The van der Waals surface area contributed by atoms with Crippen LogP contribution in [-0.4, -0.2) is 79.3 Å². The van der Waals surface area contributed by atoms with Crippen LogP contribution in [0.4, 0.5) is 5.82 Å². The van der Waals surface area contributed by atoms with E-state index in [1.54, 1.807) is 4.57 Å². The molecule has 10 heteroatoms. The molecule has 0 N–H and O–H groups in total. The van der Waals surface area contributed by atoms with Gasteiger partial charge in [-0.15, -0.1) is 0 Å². The van der Waals surface area contributed by atoms with Gasteiger partial charge in [0.15, 0.2) is 17.0 Å². The van der Waals surface area contributed by atoms with Gasteiger partial charge in [0, 0.05) is 39.6 Å². The normalized spacial score (nSPS) is 16.5.